The highest BCUT2D eigenvalue weighted by Crippen LogP contribution is 2.36. The van der Waals surface area contributed by atoms with E-state index >= 15 is 0 Å². The van der Waals surface area contributed by atoms with E-state index in [2.05, 4.69) is 29.3 Å². The van der Waals surface area contributed by atoms with Crippen LogP contribution >= 0.6 is 22.7 Å². The zero-order valence-corrected chi connectivity index (χ0v) is 16.6. The van der Waals surface area contributed by atoms with Crippen LogP contribution in [0.15, 0.2) is 36.4 Å². The molecule has 0 bridgehead atoms. The van der Waals surface area contributed by atoms with Crippen LogP contribution in [0.2, 0.25) is 0 Å². The smallest absolute Gasteiger partial charge is 0.240 e. The lowest BCUT2D eigenvalue weighted by Gasteiger charge is -2.05. The average molecular weight is 418 g/mol. The third kappa shape index (κ3) is 2.43. The van der Waals surface area contributed by atoms with Gasteiger partial charge in [0.05, 0.1) is 20.4 Å². The second kappa shape index (κ2) is 6.62. The Hall–Kier alpha value is -4.34. The zero-order chi connectivity index (χ0) is 20.8. The van der Waals surface area contributed by atoms with Crippen LogP contribution in [0.25, 0.3) is 73.0 Å². The van der Waals surface area contributed by atoms with E-state index in [1.165, 1.54) is 22.7 Å². The lowest BCUT2D eigenvalue weighted by atomic mass is 10.0. The fraction of sp³-hybridized carbons (Fsp3) is 0. The third-order valence-corrected chi connectivity index (χ3v) is 6.72. The minimum absolute atomic E-state index is 0.0426. The molecule has 2 heterocycles. The van der Waals surface area contributed by atoms with Gasteiger partial charge in [-0.15, -0.1) is 22.7 Å². The van der Waals surface area contributed by atoms with Crippen molar-refractivity contribution in [3.63, 3.8) is 0 Å². The Balaban J connectivity index is 2.08. The molecule has 5 rings (SSSR count). The quantitative estimate of drug-likeness (QED) is 0.262. The van der Waals surface area contributed by atoms with Gasteiger partial charge < -0.3 is 0 Å². The summed E-state index contributed by atoms with van der Waals surface area (Å²) < 4.78 is 2.58. The molecule has 0 aliphatic carbocycles. The molecule has 30 heavy (non-hydrogen) atoms. The lowest BCUT2D eigenvalue weighted by Crippen LogP contribution is -1.99. The maximum atomic E-state index is 7.23. The molecule has 0 radical (unpaired) electrons. The monoisotopic (exact) mass is 418 g/mol. The molecule has 0 spiro atoms. The summed E-state index contributed by atoms with van der Waals surface area (Å²) in [5.41, 5.74) is 1.45. The van der Waals surface area contributed by atoms with Gasteiger partial charge in [0.15, 0.2) is 0 Å². The van der Waals surface area contributed by atoms with E-state index < -0.39 is 0 Å². The van der Waals surface area contributed by atoms with Gasteiger partial charge in [-0.3, -0.25) is 0 Å². The first kappa shape index (κ1) is 17.7. The van der Waals surface area contributed by atoms with Crippen molar-refractivity contribution in [2.75, 3.05) is 0 Å². The van der Waals surface area contributed by atoms with Gasteiger partial charge in [-0.2, -0.15) is 19.4 Å². The molecule has 8 heteroatoms. The molecule has 0 N–H and O–H groups in total. The minimum atomic E-state index is -0.0426. The van der Waals surface area contributed by atoms with Crippen LogP contribution in [-0.2, 0) is 0 Å². The van der Waals surface area contributed by atoms with Crippen molar-refractivity contribution in [3.05, 3.63) is 91.4 Å². The molecular weight excluding hydrogens is 412 g/mol. The molecule has 0 fully saturated rings. The molecule has 6 nitrogen and oxygen atoms in total. The van der Waals surface area contributed by atoms with Gasteiger partial charge in [0.25, 0.3) is 0 Å². The standard InChI is InChI=1S/C22H6N6S2/c1-23-19(24-2)21-27-17-13(29-21)9-7-11-5-6-12-8-10-14-18(16(12)15(11)17)28-22(30-14)20(25-3)26-4/h5-10H. The van der Waals surface area contributed by atoms with Crippen molar-refractivity contribution in [1.82, 2.24) is 9.97 Å². The van der Waals surface area contributed by atoms with E-state index in [4.69, 9.17) is 26.3 Å². The van der Waals surface area contributed by atoms with Crippen LogP contribution in [0.1, 0.15) is 0 Å². The molecule has 0 unspecified atom stereocenters. The number of aromatic nitrogens is 2. The van der Waals surface area contributed by atoms with Crippen LogP contribution in [0.4, 0.5) is 0 Å². The minimum Gasteiger partial charge on any atom is -0.240 e. The second-order valence-corrected chi connectivity index (χ2v) is 8.28. The van der Waals surface area contributed by atoms with Crippen LogP contribution in [0.3, 0.4) is 0 Å². The highest BCUT2D eigenvalue weighted by Gasteiger charge is 2.17. The van der Waals surface area contributed by atoms with Crippen molar-refractivity contribution in [1.29, 1.82) is 0 Å². The number of fused-ring (bicyclic) bond motifs is 7. The Morgan fingerprint density at radius 3 is 1.33 bits per heavy atom. The molecule has 2 aromatic heterocycles. The van der Waals surface area contributed by atoms with E-state index in [1.54, 1.807) is 0 Å². The van der Waals surface area contributed by atoms with E-state index in [0.29, 0.717) is 9.33 Å². The average Bonchev–Trinajstić information content (AvgIpc) is 3.39. The fourth-order valence-corrected chi connectivity index (χ4v) is 5.25. The Morgan fingerprint density at radius 1 is 0.600 bits per heavy atom. The van der Waals surface area contributed by atoms with E-state index in [-0.39, 0.29) is 11.6 Å². The number of benzene rings is 3. The van der Waals surface area contributed by atoms with Crippen molar-refractivity contribution >= 4 is 76.3 Å². The molecule has 0 aliphatic rings. The summed E-state index contributed by atoms with van der Waals surface area (Å²) >= 11 is 2.65. The highest BCUT2D eigenvalue weighted by molar-refractivity contribution is 7.17. The van der Waals surface area contributed by atoms with Gasteiger partial charge >= 0.3 is 11.6 Å². The number of thiazole rings is 2. The number of hydrogen-bond donors (Lipinski definition) is 0. The Kier molecular flexibility index (Phi) is 3.91. The van der Waals surface area contributed by atoms with Crippen LogP contribution < -0.4 is 9.33 Å². The summed E-state index contributed by atoms with van der Waals surface area (Å²) in [5.74, 6) is -0.0851. The maximum absolute atomic E-state index is 7.23. The molecular formula is C22H6N6S2. The lowest BCUT2D eigenvalue weighted by molar-refractivity contribution is 1.41. The van der Waals surface area contributed by atoms with E-state index in [1.807, 2.05) is 36.4 Å². The molecule has 0 saturated carbocycles. The highest BCUT2D eigenvalue weighted by atomic mass is 32.1. The van der Waals surface area contributed by atoms with E-state index in [9.17, 15) is 0 Å². The summed E-state index contributed by atoms with van der Waals surface area (Å²) in [4.78, 5) is 22.5. The van der Waals surface area contributed by atoms with Gasteiger partial charge in [-0.1, -0.05) is 24.3 Å². The van der Waals surface area contributed by atoms with Crippen LogP contribution in [0.5, 0.6) is 0 Å². The molecule has 3 aromatic carbocycles. The summed E-state index contributed by atoms with van der Waals surface area (Å²) in [7, 11) is 0. The van der Waals surface area contributed by atoms with Crippen LogP contribution in [0, 0.1) is 26.3 Å². The first-order valence-electron chi connectivity index (χ1n) is 8.48. The molecule has 0 aliphatic heterocycles. The van der Waals surface area contributed by atoms with Gasteiger partial charge in [-0.05, 0) is 22.9 Å². The molecule has 136 valence electrons. The molecule has 0 atom stereocenters. The number of nitrogens with zero attached hydrogens (tertiary/aromatic N) is 6. The summed E-state index contributed by atoms with van der Waals surface area (Å²) in [5, 5.41) is 3.74. The summed E-state index contributed by atoms with van der Waals surface area (Å²) in [6, 6.07) is 11.9. The van der Waals surface area contributed by atoms with Crippen molar-refractivity contribution < 1.29 is 0 Å². The molecule has 0 saturated heterocycles. The van der Waals surface area contributed by atoms with Crippen molar-refractivity contribution in [2.24, 2.45) is 0 Å². The van der Waals surface area contributed by atoms with Crippen molar-refractivity contribution in [2.45, 2.75) is 0 Å². The normalized spacial score (nSPS) is 10.5. The van der Waals surface area contributed by atoms with Gasteiger partial charge in [-0.25, -0.2) is 9.97 Å². The Labute approximate surface area is 177 Å². The topological polar surface area (TPSA) is 43.2 Å². The molecule has 5 aromatic rings. The van der Waals surface area contributed by atoms with E-state index in [0.717, 1.165) is 42.0 Å². The summed E-state index contributed by atoms with van der Waals surface area (Å²) in [6.45, 7) is 28.9. The van der Waals surface area contributed by atoms with Crippen LogP contribution in [-0.4, -0.2) is 9.97 Å². The van der Waals surface area contributed by atoms with Gasteiger partial charge in [0.2, 0.25) is 9.33 Å². The first-order chi connectivity index (χ1) is 14.7. The van der Waals surface area contributed by atoms with Gasteiger partial charge in [0, 0.05) is 10.8 Å². The predicted octanol–water partition coefficient (Wildman–Crippen LogP) is 5.02. The largest absolute Gasteiger partial charge is 0.555 e. The number of rotatable bonds is 0. The predicted molar refractivity (Wildman–Crippen MR) is 120 cm³/mol. The number of hydrogen-bond acceptors (Lipinski definition) is 4. The second-order valence-electron chi connectivity index (χ2n) is 6.22. The zero-order valence-electron chi connectivity index (χ0n) is 15.0. The Morgan fingerprint density at radius 2 is 0.967 bits per heavy atom. The fourth-order valence-electron chi connectivity index (χ4n) is 3.43. The molecule has 0 amide bonds. The van der Waals surface area contributed by atoms with Crippen molar-refractivity contribution in [3.8, 4) is 0 Å². The Bertz CT molecular complexity index is 1680. The SMILES string of the molecule is [C-]#[N+]C([N+]#[C-])=c1nc2c(ccc3ccc4ccc5sc(=C([N+]#[C-])[N+]#[C-])nc5c4c32)s1. The first-order valence-corrected chi connectivity index (χ1v) is 10.1. The van der Waals surface area contributed by atoms with Gasteiger partial charge in [0.1, 0.15) is 26.3 Å². The third-order valence-electron chi connectivity index (χ3n) is 4.68. The maximum Gasteiger partial charge on any atom is 0.555 e. The summed E-state index contributed by atoms with van der Waals surface area (Å²) in [6.07, 6.45) is 0.